The van der Waals surface area contributed by atoms with E-state index in [1.54, 1.807) is 32.0 Å². The van der Waals surface area contributed by atoms with Crippen LogP contribution in [0.4, 0.5) is 0 Å². The minimum atomic E-state index is -0.167. The molecule has 0 spiro atoms. The number of hydrogen-bond acceptors (Lipinski definition) is 5. The highest BCUT2D eigenvalue weighted by Crippen LogP contribution is 2.42. The van der Waals surface area contributed by atoms with Crippen LogP contribution in [0.1, 0.15) is 24.0 Å². The van der Waals surface area contributed by atoms with E-state index in [2.05, 4.69) is 70.2 Å². The summed E-state index contributed by atoms with van der Waals surface area (Å²) in [6.45, 7) is 2.89. The Morgan fingerprint density at radius 3 is 1.95 bits per heavy atom. The first-order chi connectivity index (χ1) is 19.6. The van der Waals surface area contributed by atoms with Crippen LogP contribution >= 0.6 is 44.1 Å². The van der Waals surface area contributed by atoms with Crippen molar-refractivity contribution in [1.29, 1.82) is 0 Å². The predicted molar refractivity (Wildman–Crippen MR) is 174 cm³/mol. The first-order valence-corrected chi connectivity index (χ1v) is 15.3. The molecule has 7 nitrogen and oxygen atoms in total. The molecule has 0 unspecified atom stereocenters. The van der Waals surface area contributed by atoms with Gasteiger partial charge in [0.25, 0.3) is 5.56 Å². The van der Waals surface area contributed by atoms with Crippen molar-refractivity contribution in [3.8, 4) is 17.2 Å². The summed E-state index contributed by atoms with van der Waals surface area (Å²) in [6, 6.07) is 18.2. The van der Waals surface area contributed by atoms with Gasteiger partial charge in [-0.25, -0.2) is 0 Å². The second-order valence-corrected chi connectivity index (χ2v) is 12.8. The van der Waals surface area contributed by atoms with Crippen molar-refractivity contribution < 1.29 is 18.7 Å². The lowest BCUT2D eigenvalue weighted by Gasteiger charge is -2.30. The second kappa shape index (κ2) is 13.5. The van der Waals surface area contributed by atoms with Gasteiger partial charge in [-0.1, -0.05) is 56.1 Å². The van der Waals surface area contributed by atoms with Crippen LogP contribution in [0.5, 0.6) is 17.2 Å². The quantitative estimate of drug-likeness (QED) is 0.0888. The van der Waals surface area contributed by atoms with Crippen LogP contribution in [0, 0.1) is 4.77 Å². The molecular formula is C31H36Br2N3O4S+. The van der Waals surface area contributed by atoms with Gasteiger partial charge in [0.2, 0.25) is 5.75 Å². The van der Waals surface area contributed by atoms with Crippen LogP contribution in [-0.4, -0.2) is 55.6 Å². The summed E-state index contributed by atoms with van der Waals surface area (Å²) in [6.07, 6.45) is 1.77. The van der Waals surface area contributed by atoms with E-state index >= 15 is 0 Å². The third-order valence-electron chi connectivity index (χ3n) is 7.18. The smallest absolute Gasteiger partial charge is 0.262 e. The number of benzene rings is 3. The molecule has 1 aromatic heterocycles. The average Bonchev–Trinajstić information content (AvgIpc) is 2.95. The summed E-state index contributed by atoms with van der Waals surface area (Å²) in [5.41, 5.74) is 2.76. The summed E-state index contributed by atoms with van der Waals surface area (Å²) in [5, 5.41) is 0.469. The van der Waals surface area contributed by atoms with E-state index in [0.29, 0.717) is 46.0 Å². The molecule has 0 saturated carbocycles. The molecular weight excluding hydrogens is 670 g/mol. The van der Waals surface area contributed by atoms with E-state index in [1.807, 2.05) is 28.8 Å². The van der Waals surface area contributed by atoms with Crippen LogP contribution in [0.15, 0.2) is 68.3 Å². The normalized spacial score (nSPS) is 11.6. The molecule has 0 N–H and O–H groups in total. The Morgan fingerprint density at radius 2 is 1.39 bits per heavy atom. The van der Waals surface area contributed by atoms with E-state index in [1.165, 1.54) is 5.56 Å². The van der Waals surface area contributed by atoms with Crippen molar-refractivity contribution in [3.05, 3.63) is 89.8 Å². The van der Waals surface area contributed by atoms with E-state index in [9.17, 15) is 4.79 Å². The number of halogens is 2. The van der Waals surface area contributed by atoms with Crippen LogP contribution in [-0.2, 0) is 19.6 Å². The van der Waals surface area contributed by atoms with E-state index < -0.39 is 0 Å². The van der Waals surface area contributed by atoms with Gasteiger partial charge in [0, 0.05) is 21.1 Å². The van der Waals surface area contributed by atoms with Gasteiger partial charge in [0.05, 0.1) is 53.9 Å². The Morgan fingerprint density at radius 1 is 0.805 bits per heavy atom. The fourth-order valence-corrected chi connectivity index (χ4v) is 5.99. The minimum Gasteiger partial charge on any atom is -0.493 e. The monoisotopic (exact) mass is 704 g/mol. The molecule has 3 aromatic carbocycles. The van der Waals surface area contributed by atoms with Gasteiger partial charge in [-0.2, -0.15) is 0 Å². The molecule has 218 valence electrons. The molecule has 0 aliphatic heterocycles. The predicted octanol–water partition coefficient (Wildman–Crippen LogP) is 7.19. The van der Waals surface area contributed by atoms with Crippen molar-refractivity contribution in [3.63, 3.8) is 0 Å². The number of nitrogens with zero attached hydrogens (tertiary/aromatic N) is 3. The average molecular weight is 707 g/mol. The molecule has 0 radical (unpaired) electrons. The lowest BCUT2D eigenvalue weighted by atomic mass is 10.1. The van der Waals surface area contributed by atoms with Gasteiger partial charge in [-0.15, -0.1) is 0 Å². The first-order valence-electron chi connectivity index (χ1n) is 13.4. The zero-order valence-electron chi connectivity index (χ0n) is 24.1. The largest absolute Gasteiger partial charge is 0.493 e. The Hall–Kier alpha value is -2.66. The van der Waals surface area contributed by atoms with Crippen molar-refractivity contribution in [2.45, 2.75) is 32.5 Å². The van der Waals surface area contributed by atoms with Gasteiger partial charge in [0.1, 0.15) is 12.1 Å². The molecule has 4 aromatic rings. The van der Waals surface area contributed by atoms with Gasteiger partial charge >= 0.3 is 0 Å². The van der Waals surface area contributed by atoms with Crippen molar-refractivity contribution in [1.82, 2.24) is 9.13 Å². The number of fused-ring (bicyclic) bond motifs is 1. The van der Waals surface area contributed by atoms with Crippen LogP contribution in [0.3, 0.4) is 0 Å². The molecule has 10 heteroatoms. The molecule has 1 heterocycles. The number of aromatic nitrogens is 2. The Kier molecular flexibility index (Phi) is 10.3. The topological polar surface area (TPSA) is 54.6 Å². The zero-order chi connectivity index (χ0) is 29.7. The SMILES string of the molecule is COc1cc2c(=O)n(CCCC[N+](C)(C)Cc3ccc(Br)cc3)c(=S)n(Cc3ccc(Br)cc3)c2c(OC)c1OC. The summed E-state index contributed by atoms with van der Waals surface area (Å²) < 4.78 is 24.1. The number of methoxy groups -OCH3 is 3. The summed E-state index contributed by atoms with van der Waals surface area (Å²) >= 11 is 13.0. The van der Waals surface area contributed by atoms with Crippen molar-refractivity contribution in [2.24, 2.45) is 0 Å². The maximum absolute atomic E-state index is 13.9. The van der Waals surface area contributed by atoms with E-state index in [4.69, 9.17) is 26.4 Å². The number of hydrogen-bond donors (Lipinski definition) is 0. The van der Waals surface area contributed by atoms with Gasteiger partial charge in [-0.05, 0) is 61.0 Å². The lowest BCUT2D eigenvalue weighted by molar-refractivity contribution is -0.903. The van der Waals surface area contributed by atoms with Crippen molar-refractivity contribution in [2.75, 3.05) is 42.0 Å². The maximum atomic E-state index is 13.9. The van der Waals surface area contributed by atoms with Gasteiger partial charge in [0.15, 0.2) is 16.3 Å². The number of unbranched alkanes of at least 4 members (excludes halogenated alkanes) is 1. The molecule has 0 fully saturated rings. The van der Waals surface area contributed by atoms with Crippen molar-refractivity contribution >= 4 is 55.0 Å². The van der Waals surface area contributed by atoms with E-state index in [-0.39, 0.29) is 5.56 Å². The lowest BCUT2D eigenvalue weighted by Crippen LogP contribution is -2.39. The number of quaternary nitrogens is 1. The highest BCUT2D eigenvalue weighted by Gasteiger charge is 2.23. The molecule has 41 heavy (non-hydrogen) atoms. The molecule has 0 amide bonds. The Balaban J connectivity index is 1.68. The first kappa shape index (κ1) is 31.3. The molecule has 0 atom stereocenters. The second-order valence-electron chi connectivity index (χ2n) is 10.6. The van der Waals surface area contributed by atoms with Crippen LogP contribution in [0.2, 0.25) is 0 Å². The van der Waals surface area contributed by atoms with Crippen LogP contribution < -0.4 is 19.8 Å². The molecule has 0 bridgehead atoms. The van der Waals surface area contributed by atoms with Gasteiger partial charge in [-0.3, -0.25) is 9.36 Å². The summed E-state index contributed by atoms with van der Waals surface area (Å²) in [5.74, 6) is 1.27. The van der Waals surface area contributed by atoms with Gasteiger partial charge < -0.3 is 23.3 Å². The van der Waals surface area contributed by atoms with Crippen LogP contribution in [0.25, 0.3) is 10.9 Å². The third kappa shape index (κ3) is 7.23. The fraction of sp³-hybridized carbons (Fsp3) is 0.355. The summed E-state index contributed by atoms with van der Waals surface area (Å²) in [7, 11) is 9.14. The number of ether oxygens (including phenoxy) is 3. The Labute approximate surface area is 263 Å². The number of rotatable bonds is 12. The fourth-order valence-electron chi connectivity index (χ4n) is 5.13. The highest BCUT2D eigenvalue weighted by atomic mass is 79.9. The minimum absolute atomic E-state index is 0.167. The molecule has 4 rings (SSSR count). The molecule has 0 aliphatic carbocycles. The molecule has 0 aliphatic rings. The zero-order valence-corrected chi connectivity index (χ0v) is 28.1. The summed E-state index contributed by atoms with van der Waals surface area (Å²) in [4.78, 5) is 13.9. The maximum Gasteiger partial charge on any atom is 0.262 e. The standard InChI is InChI=1S/C31H36Br2N3O4S/c1-36(2,20-22-10-14-24(33)15-11-22)17-7-6-16-34-30(37)25-18-26(38-3)28(39-4)29(40-5)27(25)35(31(34)41)19-21-8-12-23(32)13-9-21/h8-15,18H,6-7,16-17,19-20H2,1-5H3/q+1. The molecule has 0 saturated heterocycles. The highest BCUT2D eigenvalue weighted by molar-refractivity contribution is 9.10. The third-order valence-corrected chi connectivity index (χ3v) is 8.68. The Bertz CT molecular complexity index is 1630. The van der Waals surface area contributed by atoms with E-state index in [0.717, 1.165) is 44.9 Å².